The molecule has 1 aliphatic heterocycles. The van der Waals surface area contributed by atoms with Gasteiger partial charge in [-0.1, -0.05) is 6.07 Å². The number of hydrogen-bond acceptors (Lipinski definition) is 6. The molecule has 31 heavy (non-hydrogen) atoms. The van der Waals surface area contributed by atoms with E-state index in [1.165, 1.54) is 23.1 Å². The lowest BCUT2D eigenvalue weighted by molar-refractivity contribution is -0.128. The first kappa shape index (κ1) is 22.6. The van der Waals surface area contributed by atoms with Gasteiger partial charge in [0.1, 0.15) is 17.5 Å². The van der Waals surface area contributed by atoms with Crippen LogP contribution in [0.25, 0.3) is 0 Å². The van der Waals surface area contributed by atoms with E-state index >= 15 is 0 Å². The maximum absolute atomic E-state index is 13.5. The zero-order valence-electron chi connectivity index (χ0n) is 18.3. The number of aromatic nitrogens is 2. The molecule has 1 fully saturated rings. The molecule has 3 rings (SSSR count). The fourth-order valence-corrected chi connectivity index (χ4v) is 3.53. The van der Waals surface area contributed by atoms with Crippen molar-refractivity contribution in [3.8, 4) is 0 Å². The molecule has 1 atom stereocenters. The van der Waals surface area contributed by atoms with Crippen LogP contribution in [0.2, 0.25) is 0 Å². The molecule has 0 saturated carbocycles. The van der Waals surface area contributed by atoms with Crippen molar-refractivity contribution in [2.75, 3.05) is 52.8 Å². The predicted molar refractivity (Wildman–Crippen MR) is 114 cm³/mol. The van der Waals surface area contributed by atoms with Crippen LogP contribution in [0.3, 0.4) is 0 Å². The fourth-order valence-electron chi connectivity index (χ4n) is 3.53. The number of nitrogens with zero attached hydrogens (tertiary/aromatic N) is 5. The number of likely N-dealkylation sites (tertiary alicyclic amines) is 1. The molecule has 0 N–H and O–H groups in total. The number of methoxy groups -OCH3 is 1. The second-order valence-corrected chi connectivity index (χ2v) is 7.87. The lowest BCUT2D eigenvalue weighted by Crippen LogP contribution is -2.29. The molecule has 1 aliphatic rings. The zero-order chi connectivity index (χ0) is 22.5. The van der Waals surface area contributed by atoms with Crippen molar-refractivity contribution in [1.82, 2.24) is 19.8 Å². The minimum atomic E-state index is -0.462. The number of anilines is 1. The number of ether oxygens (including phenoxy) is 1. The lowest BCUT2D eigenvalue weighted by Gasteiger charge is -2.20. The Morgan fingerprint density at radius 3 is 2.71 bits per heavy atom. The molecule has 0 aliphatic carbocycles. The number of carbonyl (C=O) groups is 2. The second-order valence-electron chi connectivity index (χ2n) is 7.87. The molecule has 0 radical (unpaired) electrons. The Kier molecular flexibility index (Phi) is 7.17. The summed E-state index contributed by atoms with van der Waals surface area (Å²) in [5.41, 5.74) is 1.04. The van der Waals surface area contributed by atoms with Gasteiger partial charge in [0.25, 0.3) is 5.91 Å². The molecule has 8 nitrogen and oxygen atoms in total. The second kappa shape index (κ2) is 9.82. The van der Waals surface area contributed by atoms with Crippen molar-refractivity contribution in [3.63, 3.8) is 0 Å². The number of amides is 2. The highest BCUT2D eigenvalue weighted by molar-refractivity contribution is 5.93. The Bertz CT molecular complexity index is 952. The SMILES string of the molecule is COCCN1C[C@@H](c2cc(N(C)C)nc(CN(C)C(=O)c3cccc(F)c3)n2)CC1=O. The summed E-state index contributed by atoms with van der Waals surface area (Å²) in [6.07, 6.45) is 0.380. The van der Waals surface area contributed by atoms with Crippen LogP contribution in [0.15, 0.2) is 30.3 Å². The number of benzene rings is 1. The maximum Gasteiger partial charge on any atom is 0.254 e. The van der Waals surface area contributed by atoms with Gasteiger partial charge in [0, 0.05) is 65.3 Å². The summed E-state index contributed by atoms with van der Waals surface area (Å²) in [6.45, 7) is 1.78. The molecule has 2 aromatic rings. The van der Waals surface area contributed by atoms with Gasteiger partial charge in [-0.25, -0.2) is 14.4 Å². The third kappa shape index (κ3) is 5.55. The van der Waals surface area contributed by atoms with Crippen molar-refractivity contribution in [2.45, 2.75) is 18.9 Å². The summed E-state index contributed by atoms with van der Waals surface area (Å²) in [7, 11) is 6.99. The fraction of sp³-hybridized carbons (Fsp3) is 0.455. The minimum Gasteiger partial charge on any atom is -0.383 e. The van der Waals surface area contributed by atoms with Crippen molar-refractivity contribution in [3.05, 3.63) is 53.2 Å². The molecule has 1 aromatic carbocycles. The predicted octanol–water partition coefficient (Wildman–Crippen LogP) is 1.92. The number of hydrogen-bond donors (Lipinski definition) is 0. The molecule has 0 spiro atoms. The molecule has 1 aromatic heterocycles. The summed E-state index contributed by atoms with van der Waals surface area (Å²) in [4.78, 5) is 39.4. The average Bonchev–Trinajstić information content (AvgIpc) is 3.12. The van der Waals surface area contributed by atoms with Crippen molar-refractivity contribution >= 4 is 17.6 Å². The summed E-state index contributed by atoms with van der Waals surface area (Å²) in [6, 6.07) is 7.47. The Labute approximate surface area is 181 Å². The lowest BCUT2D eigenvalue weighted by atomic mass is 10.0. The van der Waals surface area contributed by atoms with E-state index < -0.39 is 5.82 Å². The van der Waals surface area contributed by atoms with Gasteiger partial charge in [-0.05, 0) is 18.2 Å². The highest BCUT2D eigenvalue weighted by atomic mass is 19.1. The molecule has 0 bridgehead atoms. The summed E-state index contributed by atoms with van der Waals surface area (Å²) in [5, 5.41) is 0. The number of halogens is 1. The van der Waals surface area contributed by atoms with Crippen molar-refractivity contribution < 1.29 is 18.7 Å². The van der Waals surface area contributed by atoms with Gasteiger partial charge >= 0.3 is 0 Å². The van der Waals surface area contributed by atoms with E-state index in [1.54, 1.807) is 25.1 Å². The van der Waals surface area contributed by atoms with Gasteiger partial charge in [0.15, 0.2) is 0 Å². The maximum atomic E-state index is 13.5. The van der Waals surface area contributed by atoms with Crippen molar-refractivity contribution in [2.24, 2.45) is 0 Å². The van der Waals surface area contributed by atoms with Crippen LogP contribution >= 0.6 is 0 Å². The molecular formula is C22H28FN5O3. The Balaban J connectivity index is 1.80. The third-order valence-electron chi connectivity index (χ3n) is 5.23. The summed E-state index contributed by atoms with van der Waals surface area (Å²) >= 11 is 0. The molecular weight excluding hydrogens is 401 g/mol. The molecule has 9 heteroatoms. The van der Waals surface area contributed by atoms with Crippen LogP contribution in [0.5, 0.6) is 0 Å². The minimum absolute atomic E-state index is 0.0472. The molecule has 2 heterocycles. The Morgan fingerprint density at radius 2 is 2.03 bits per heavy atom. The average molecular weight is 429 g/mol. The van der Waals surface area contributed by atoms with Gasteiger partial charge in [-0.2, -0.15) is 0 Å². The van der Waals surface area contributed by atoms with E-state index in [9.17, 15) is 14.0 Å². The topological polar surface area (TPSA) is 78.9 Å². The standard InChI is InChI=1S/C22H28FN5O3/c1-26(2)20-12-18(16-11-21(29)28(13-16)8-9-31-4)24-19(25-20)14-27(3)22(30)15-6-5-7-17(23)10-15/h5-7,10,12,16H,8-9,11,13-14H2,1-4H3/t16-/m0/s1. The third-order valence-corrected chi connectivity index (χ3v) is 5.23. The van der Waals surface area contributed by atoms with E-state index in [2.05, 4.69) is 9.97 Å². The molecule has 166 valence electrons. The first-order chi connectivity index (χ1) is 14.8. The molecule has 0 unspecified atom stereocenters. The first-order valence-corrected chi connectivity index (χ1v) is 10.1. The number of carbonyl (C=O) groups excluding carboxylic acids is 2. The Hall–Kier alpha value is -3.07. The largest absolute Gasteiger partial charge is 0.383 e. The van der Waals surface area contributed by atoms with Crippen LogP contribution in [-0.2, 0) is 16.1 Å². The van der Waals surface area contributed by atoms with Gasteiger partial charge in [-0.15, -0.1) is 0 Å². The quantitative estimate of drug-likeness (QED) is 0.638. The van der Waals surface area contributed by atoms with Gasteiger partial charge in [-0.3, -0.25) is 9.59 Å². The summed E-state index contributed by atoms with van der Waals surface area (Å²) < 4.78 is 18.6. The number of rotatable bonds is 8. The highest BCUT2D eigenvalue weighted by Gasteiger charge is 2.32. The van der Waals surface area contributed by atoms with E-state index in [0.717, 1.165) is 5.69 Å². The van der Waals surface area contributed by atoms with Crippen LogP contribution in [0.1, 0.15) is 34.2 Å². The van der Waals surface area contributed by atoms with Gasteiger partial charge in [0.05, 0.1) is 18.8 Å². The van der Waals surface area contributed by atoms with E-state index in [-0.39, 0.29) is 29.8 Å². The van der Waals surface area contributed by atoms with Crippen LogP contribution < -0.4 is 4.90 Å². The van der Waals surface area contributed by atoms with Crippen molar-refractivity contribution in [1.29, 1.82) is 0 Å². The summed E-state index contributed by atoms with van der Waals surface area (Å²) in [5.74, 6) is 0.421. The zero-order valence-corrected chi connectivity index (χ0v) is 18.3. The van der Waals surface area contributed by atoms with Gasteiger partial charge < -0.3 is 19.4 Å². The molecule has 2 amide bonds. The van der Waals surface area contributed by atoms with Crippen LogP contribution in [-0.4, -0.2) is 79.5 Å². The van der Waals surface area contributed by atoms with E-state index in [0.29, 0.717) is 37.8 Å². The highest BCUT2D eigenvalue weighted by Crippen LogP contribution is 2.28. The van der Waals surface area contributed by atoms with E-state index in [1.807, 2.05) is 25.1 Å². The first-order valence-electron chi connectivity index (χ1n) is 10.1. The van der Waals surface area contributed by atoms with Crippen LogP contribution in [0.4, 0.5) is 10.2 Å². The molecule has 1 saturated heterocycles. The normalized spacial score (nSPS) is 16.0. The Morgan fingerprint density at radius 1 is 1.26 bits per heavy atom. The van der Waals surface area contributed by atoms with Crippen LogP contribution in [0, 0.1) is 5.82 Å². The van der Waals surface area contributed by atoms with E-state index in [4.69, 9.17) is 4.74 Å². The monoisotopic (exact) mass is 429 g/mol. The smallest absolute Gasteiger partial charge is 0.254 e. The van der Waals surface area contributed by atoms with Gasteiger partial charge in [0.2, 0.25) is 5.91 Å².